The summed E-state index contributed by atoms with van der Waals surface area (Å²) in [6, 6.07) is 9.58. The average Bonchev–Trinajstić information content (AvgIpc) is 2.41. The van der Waals surface area contributed by atoms with Crippen molar-refractivity contribution in [3.05, 3.63) is 35.9 Å². The maximum absolute atomic E-state index is 11.7. The van der Waals surface area contributed by atoms with Crippen molar-refractivity contribution < 1.29 is 9.90 Å². The summed E-state index contributed by atoms with van der Waals surface area (Å²) in [4.78, 5) is 13.9. The Bertz CT molecular complexity index is 398. The molecule has 18 heavy (non-hydrogen) atoms. The van der Waals surface area contributed by atoms with E-state index in [1.165, 1.54) is 0 Å². The molecule has 0 bridgehead atoms. The predicted molar refractivity (Wildman–Crippen MR) is 70.5 cm³/mol. The quantitative estimate of drug-likeness (QED) is 0.836. The third-order valence-electron chi connectivity index (χ3n) is 3.89. The number of hydrogen-bond acceptors (Lipinski definition) is 3. The molecule has 4 heteroatoms. The van der Waals surface area contributed by atoms with Gasteiger partial charge >= 0.3 is 5.97 Å². The number of aliphatic carboxylic acids is 1. The van der Waals surface area contributed by atoms with Gasteiger partial charge in [0, 0.05) is 13.1 Å². The lowest BCUT2D eigenvalue weighted by atomic mass is 9.73. The van der Waals surface area contributed by atoms with Crippen LogP contribution < -0.4 is 5.73 Å². The molecule has 0 atom stereocenters. The fourth-order valence-electron chi connectivity index (χ4n) is 2.72. The van der Waals surface area contributed by atoms with Gasteiger partial charge in [-0.05, 0) is 31.5 Å². The number of carbonyl (C=O) groups is 1. The van der Waals surface area contributed by atoms with Gasteiger partial charge in [-0.25, -0.2) is 0 Å². The lowest BCUT2D eigenvalue weighted by Crippen LogP contribution is -2.48. The lowest BCUT2D eigenvalue weighted by Gasteiger charge is -2.39. The van der Waals surface area contributed by atoms with Crippen molar-refractivity contribution in [1.29, 1.82) is 0 Å². The Morgan fingerprint density at radius 3 is 2.39 bits per heavy atom. The minimum atomic E-state index is -0.716. The number of carboxylic acids is 1. The Balaban J connectivity index is 2.19. The second-order valence-corrected chi connectivity index (χ2v) is 4.88. The number of piperidine rings is 1. The molecular weight excluding hydrogens is 228 g/mol. The summed E-state index contributed by atoms with van der Waals surface area (Å²) in [6.45, 7) is 3.09. The molecule has 0 unspecified atom stereocenters. The van der Waals surface area contributed by atoms with Crippen molar-refractivity contribution in [2.24, 2.45) is 5.73 Å². The predicted octanol–water partition coefficient (Wildman–Crippen LogP) is 1.06. The van der Waals surface area contributed by atoms with Crippen LogP contribution >= 0.6 is 0 Å². The Hall–Kier alpha value is -1.39. The molecule has 3 N–H and O–H groups in total. The molecule has 0 amide bonds. The zero-order valence-corrected chi connectivity index (χ0v) is 10.5. The van der Waals surface area contributed by atoms with E-state index in [1.54, 1.807) is 0 Å². The first-order valence-corrected chi connectivity index (χ1v) is 6.40. The summed E-state index contributed by atoms with van der Waals surface area (Å²) in [6.07, 6.45) is 1.32. The first kappa shape index (κ1) is 13.1. The smallest absolute Gasteiger partial charge is 0.314 e. The van der Waals surface area contributed by atoms with Gasteiger partial charge in [0.05, 0.1) is 5.41 Å². The number of likely N-dealkylation sites (tertiary alicyclic amines) is 1. The minimum Gasteiger partial charge on any atom is -0.481 e. The maximum atomic E-state index is 11.7. The van der Waals surface area contributed by atoms with Crippen LogP contribution in [0.5, 0.6) is 0 Å². The van der Waals surface area contributed by atoms with Crippen molar-refractivity contribution >= 4 is 5.97 Å². The summed E-state index contributed by atoms with van der Waals surface area (Å²) < 4.78 is 0. The molecule has 4 nitrogen and oxygen atoms in total. The zero-order chi connectivity index (χ0) is 13.0. The molecule has 2 rings (SSSR count). The Morgan fingerprint density at radius 2 is 1.89 bits per heavy atom. The number of benzene rings is 1. The SMILES string of the molecule is NCCN1CCC(C(=O)O)(c2ccccc2)CC1. The van der Waals surface area contributed by atoms with Crippen LogP contribution in [0.4, 0.5) is 0 Å². The van der Waals surface area contributed by atoms with Crippen molar-refractivity contribution in [3.63, 3.8) is 0 Å². The molecule has 1 saturated heterocycles. The minimum absolute atomic E-state index is 0.630. The van der Waals surface area contributed by atoms with E-state index in [1.807, 2.05) is 30.3 Å². The third-order valence-corrected chi connectivity index (χ3v) is 3.89. The number of carboxylic acid groups (broad SMARTS) is 1. The highest BCUT2D eigenvalue weighted by Crippen LogP contribution is 2.35. The van der Waals surface area contributed by atoms with Crippen LogP contribution in [0.1, 0.15) is 18.4 Å². The zero-order valence-electron chi connectivity index (χ0n) is 10.5. The molecule has 1 fully saturated rings. The Morgan fingerprint density at radius 1 is 1.28 bits per heavy atom. The third kappa shape index (κ3) is 2.40. The summed E-state index contributed by atoms with van der Waals surface area (Å²) in [7, 11) is 0. The van der Waals surface area contributed by atoms with Crippen LogP contribution in [0.3, 0.4) is 0 Å². The highest BCUT2D eigenvalue weighted by atomic mass is 16.4. The van der Waals surface area contributed by atoms with Gasteiger partial charge in [-0.3, -0.25) is 4.79 Å². The van der Waals surface area contributed by atoms with E-state index >= 15 is 0 Å². The largest absolute Gasteiger partial charge is 0.481 e. The standard InChI is InChI=1S/C14H20N2O2/c15-8-11-16-9-6-14(7-10-16,13(17)18)12-4-2-1-3-5-12/h1-5H,6-11,15H2,(H,17,18). The molecular formula is C14H20N2O2. The van der Waals surface area contributed by atoms with Gasteiger partial charge in [-0.2, -0.15) is 0 Å². The molecule has 0 radical (unpaired) electrons. The average molecular weight is 248 g/mol. The summed E-state index contributed by atoms with van der Waals surface area (Å²) in [5, 5.41) is 9.62. The molecule has 1 aliphatic heterocycles. The van der Waals surface area contributed by atoms with Gasteiger partial charge in [-0.1, -0.05) is 30.3 Å². The molecule has 0 aromatic heterocycles. The monoisotopic (exact) mass is 248 g/mol. The van der Waals surface area contributed by atoms with E-state index in [9.17, 15) is 9.90 Å². The molecule has 1 heterocycles. The van der Waals surface area contributed by atoms with Crippen LogP contribution in [0.25, 0.3) is 0 Å². The maximum Gasteiger partial charge on any atom is 0.314 e. The second-order valence-electron chi connectivity index (χ2n) is 4.88. The van der Waals surface area contributed by atoms with Crippen LogP contribution in [0.15, 0.2) is 30.3 Å². The molecule has 0 spiro atoms. The van der Waals surface area contributed by atoms with E-state index in [4.69, 9.17) is 5.73 Å². The second kappa shape index (κ2) is 5.50. The topological polar surface area (TPSA) is 66.6 Å². The lowest BCUT2D eigenvalue weighted by molar-refractivity contribution is -0.146. The highest BCUT2D eigenvalue weighted by molar-refractivity contribution is 5.81. The summed E-state index contributed by atoms with van der Waals surface area (Å²) >= 11 is 0. The van der Waals surface area contributed by atoms with Crippen molar-refractivity contribution in [2.75, 3.05) is 26.2 Å². The first-order valence-electron chi connectivity index (χ1n) is 6.40. The number of nitrogens with zero attached hydrogens (tertiary/aromatic N) is 1. The van der Waals surface area contributed by atoms with Gasteiger partial charge in [-0.15, -0.1) is 0 Å². The molecule has 1 aromatic carbocycles. The van der Waals surface area contributed by atoms with E-state index in [0.717, 1.165) is 25.2 Å². The summed E-state index contributed by atoms with van der Waals surface area (Å²) in [5.41, 5.74) is 5.75. The normalized spacial score (nSPS) is 19.6. The van der Waals surface area contributed by atoms with Gasteiger partial charge in [0.15, 0.2) is 0 Å². The van der Waals surface area contributed by atoms with Crippen molar-refractivity contribution in [3.8, 4) is 0 Å². The van der Waals surface area contributed by atoms with E-state index in [-0.39, 0.29) is 0 Å². The van der Waals surface area contributed by atoms with E-state index < -0.39 is 11.4 Å². The Kier molecular flexibility index (Phi) is 3.99. The van der Waals surface area contributed by atoms with Gasteiger partial charge < -0.3 is 15.7 Å². The highest BCUT2D eigenvalue weighted by Gasteiger charge is 2.42. The van der Waals surface area contributed by atoms with E-state index in [2.05, 4.69) is 4.90 Å². The van der Waals surface area contributed by atoms with Crippen LogP contribution in [0.2, 0.25) is 0 Å². The number of rotatable bonds is 4. The van der Waals surface area contributed by atoms with Crippen molar-refractivity contribution in [2.45, 2.75) is 18.3 Å². The number of hydrogen-bond donors (Lipinski definition) is 2. The van der Waals surface area contributed by atoms with E-state index in [0.29, 0.717) is 19.4 Å². The Labute approximate surface area is 107 Å². The molecule has 98 valence electrons. The molecule has 0 saturated carbocycles. The van der Waals surface area contributed by atoms with Crippen LogP contribution in [-0.4, -0.2) is 42.2 Å². The van der Waals surface area contributed by atoms with Crippen LogP contribution in [-0.2, 0) is 10.2 Å². The fourth-order valence-corrected chi connectivity index (χ4v) is 2.72. The van der Waals surface area contributed by atoms with Gasteiger partial charge in [0.25, 0.3) is 0 Å². The molecule has 1 aliphatic rings. The first-order chi connectivity index (χ1) is 8.69. The summed E-state index contributed by atoms with van der Waals surface area (Å²) in [5.74, 6) is -0.707. The van der Waals surface area contributed by atoms with Crippen LogP contribution in [0, 0.1) is 0 Å². The van der Waals surface area contributed by atoms with Crippen molar-refractivity contribution in [1.82, 2.24) is 4.90 Å². The molecule has 0 aliphatic carbocycles. The molecule has 1 aromatic rings. The van der Waals surface area contributed by atoms with Gasteiger partial charge in [0.2, 0.25) is 0 Å². The van der Waals surface area contributed by atoms with Gasteiger partial charge in [0.1, 0.15) is 0 Å². The number of nitrogens with two attached hydrogens (primary N) is 1. The fraction of sp³-hybridized carbons (Fsp3) is 0.500.